The van der Waals surface area contributed by atoms with E-state index in [1.807, 2.05) is 18.2 Å². The summed E-state index contributed by atoms with van der Waals surface area (Å²) in [4.78, 5) is 6.48. The molecule has 0 amide bonds. The van der Waals surface area contributed by atoms with Crippen LogP contribution in [0.1, 0.15) is 40.7 Å². The Labute approximate surface area is 209 Å². The van der Waals surface area contributed by atoms with Crippen LogP contribution in [0.25, 0.3) is 16.7 Å². The number of hydrogen-bond donors (Lipinski definition) is 1. The van der Waals surface area contributed by atoms with E-state index in [2.05, 4.69) is 44.9 Å². The SMILES string of the molecule is Oc1ccc2c(c1)CCCC(c1ccncc1Cl)=C2c1ccc2cc(CN3CC(CF)C3)cn2c1. The zero-order valence-electron chi connectivity index (χ0n) is 19.4. The number of alkyl halides is 1. The molecule has 0 saturated carbocycles. The Morgan fingerprint density at radius 2 is 1.91 bits per heavy atom. The number of allylic oxidation sites excluding steroid dienone is 1. The highest BCUT2D eigenvalue weighted by Gasteiger charge is 2.27. The molecule has 35 heavy (non-hydrogen) atoms. The molecule has 3 aromatic heterocycles. The molecule has 0 radical (unpaired) electrons. The molecule has 0 unspecified atom stereocenters. The molecule has 2 aliphatic rings. The van der Waals surface area contributed by atoms with Crippen molar-refractivity contribution in [2.75, 3.05) is 19.8 Å². The first-order valence-electron chi connectivity index (χ1n) is 12.1. The lowest BCUT2D eigenvalue weighted by Crippen LogP contribution is -2.46. The average molecular weight is 488 g/mol. The summed E-state index contributed by atoms with van der Waals surface area (Å²) in [6.45, 7) is 2.28. The van der Waals surface area contributed by atoms with Crippen LogP contribution in [0.15, 0.2) is 67.3 Å². The first kappa shape index (κ1) is 22.3. The molecule has 1 saturated heterocycles. The number of phenols is 1. The smallest absolute Gasteiger partial charge is 0.115 e. The van der Waals surface area contributed by atoms with Crippen molar-refractivity contribution in [2.24, 2.45) is 5.92 Å². The summed E-state index contributed by atoms with van der Waals surface area (Å²) < 4.78 is 15.0. The first-order chi connectivity index (χ1) is 17.1. The minimum Gasteiger partial charge on any atom is -0.508 e. The van der Waals surface area contributed by atoms with Gasteiger partial charge in [0.05, 0.1) is 11.7 Å². The molecule has 1 fully saturated rings. The number of pyridine rings is 2. The molecule has 0 atom stereocenters. The van der Waals surface area contributed by atoms with E-state index in [-0.39, 0.29) is 12.6 Å². The van der Waals surface area contributed by atoms with E-state index in [1.54, 1.807) is 18.5 Å². The summed E-state index contributed by atoms with van der Waals surface area (Å²) >= 11 is 6.63. The second kappa shape index (κ2) is 9.14. The number of phenolic OH excluding ortho intramolecular Hbond substituents is 1. The third-order valence-electron chi connectivity index (χ3n) is 7.22. The Morgan fingerprint density at radius 1 is 1.03 bits per heavy atom. The molecule has 1 aromatic carbocycles. The summed E-state index contributed by atoms with van der Waals surface area (Å²) in [6.07, 6.45) is 10.6. The lowest BCUT2D eigenvalue weighted by Gasteiger charge is -2.37. The topological polar surface area (TPSA) is 40.8 Å². The molecule has 4 heterocycles. The maximum absolute atomic E-state index is 12.8. The van der Waals surface area contributed by atoms with Crippen molar-refractivity contribution in [1.82, 2.24) is 14.3 Å². The number of halogens is 2. The second-order valence-electron chi connectivity index (χ2n) is 9.72. The highest BCUT2D eigenvalue weighted by molar-refractivity contribution is 6.32. The van der Waals surface area contributed by atoms with E-state index in [4.69, 9.17) is 11.6 Å². The van der Waals surface area contributed by atoms with Crippen LogP contribution in [0.2, 0.25) is 5.02 Å². The Kier molecular flexibility index (Phi) is 5.83. The Bertz CT molecular complexity index is 1440. The van der Waals surface area contributed by atoms with Crippen molar-refractivity contribution < 1.29 is 9.50 Å². The number of aromatic nitrogens is 2. The summed E-state index contributed by atoms with van der Waals surface area (Å²) in [5, 5.41) is 10.8. The number of hydrogen-bond acceptors (Lipinski definition) is 3. The summed E-state index contributed by atoms with van der Waals surface area (Å²) in [5.74, 6) is 0.485. The normalized spacial score (nSPS) is 16.9. The van der Waals surface area contributed by atoms with Gasteiger partial charge in [0.1, 0.15) is 5.75 Å². The second-order valence-corrected chi connectivity index (χ2v) is 10.1. The van der Waals surface area contributed by atoms with Crippen molar-refractivity contribution in [3.8, 4) is 5.75 Å². The summed E-state index contributed by atoms with van der Waals surface area (Å²) in [5.41, 5.74) is 9.11. The number of nitrogens with zero attached hydrogens (tertiary/aromatic N) is 3. The Hall–Kier alpha value is -3.15. The van der Waals surface area contributed by atoms with E-state index < -0.39 is 0 Å². The van der Waals surface area contributed by atoms with Gasteiger partial charge in [-0.15, -0.1) is 0 Å². The van der Waals surface area contributed by atoms with E-state index in [1.165, 1.54) is 11.1 Å². The first-order valence-corrected chi connectivity index (χ1v) is 12.5. The van der Waals surface area contributed by atoms with Gasteiger partial charge in [0.15, 0.2) is 0 Å². The van der Waals surface area contributed by atoms with E-state index >= 15 is 0 Å². The fourth-order valence-corrected chi connectivity index (χ4v) is 5.79. The van der Waals surface area contributed by atoms with Crippen LogP contribution in [0, 0.1) is 5.92 Å². The van der Waals surface area contributed by atoms with Gasteiger partial charge in [0.2, 0.25) is 0 Å². The predicted octanol–water partition coefficient (Wildman–Crippen LogP) is 6.39. The molecule has 1 N–H and O–H groups in total. The van der Waals surface area contributed by atoms with Gasteiger partial charge in [-0.1, -0.05) is 23.7 Å². The van der Waals surface area contributed by atoms with Gasteiger partial charge in [-0.05, 0) is 88.6 Å². The van der Waals surface area contributed by atoms with E-state index in [9.17, 15) is 9.50 Å². The van der Waals surface area contributed by atoms with E-state index in [0.717, 1.165) is 72.2 Å². The molecule has 178 valence electrons. The van der Waals surface area contributed by atoms with Crippen molar-refractivity contribution in [3.05, 3.63) is 100 Å². The molecular weight excluding hydrogens is 461 g/mol. The van der Waals surface area contributed by atoms with Crippen molar-refractivity contribution in [1.29, 1.82) is 0 Å². The van der Waals surface area contributed by atoms with Crippen LogP contribution < -0.4 is 0 Å². The van der Waals surface area contributed by atoms with Crippen molar-refractivity contribution in [2.45, 2.75) is 25.8 Å². The molecule has 4 nitrogen and oxygen atoms in total. The van der Waals surface area contributed by atoms with Crippen LogP contribution in [-0.2, 0) is 13.0 Å². The predicted molar refractivity (Wildman–Crippen MR) is 138 cm³/mol. The number of benzene rings is 1. The highest BCUT2D eigenvalue weighted by atomic mass is 35.5. The molecule has 1 aliphatic heterocycles. The van der Waals surface area contributed by atoms with Crippen LogP contribution >= 0.6 is 11.6 Å². The average Bonchev–Trinajstić information content (AvgIpc) is 3.14. The molecule has 6 heteroatoms. The maximum Gasteiger partial charge on any atom is 0.115 e. The summed E-state index contributed by atoms with van der Waals surface area (Å²) in [6, 6.07) is 14.2. The monoisotopic (exact) mass is 487 g/mol. The number of aromatic hydroxyl groups is 1. The van der Waals surface area contributed by atoms with Gasteiger partial charge in [0.25, 0.3) is 0 Å². The molecule has 1 aliphatic carbocycles. The number of likely N-dealkylation sites (tertiary alicyclic amines) is 1. The zero-order valence-corrected chi connectivity index (χ0v) is 20.2. The van der Waals surface area contributed by atoms with Gasteiger partial charge in [-0.3, -0.25) is 14.3 Å². The fraction of sp³-hybridized carbons (Fsp3) is 0.276. The largest absolute Gasteiger partial charge is 0.508 e. The highest BCUT2D eigenvalue weighted by Crippen LogP contribution is 2.42. The van der Waals surface area contributed by atoms with Crippen LogP contribution in [-0.4, -0.2) is 39.2 Å². The lowest BCUT2D eigenvalue weighted by atomic mass is 9.88. The minimum atomic E-state index is -0.226. The zero-order chi connectivity index (χ0) is 23.9. The van der Waals surface area contributed by atoms with Gasteiger partial charge in [-0.25, -0.2) is 0 Å². The Balaban J connectivity index is 1.46. The lowest BCUT2D eigenvalue weighted by molar-refractivity contribution is 0.0738. The van der Waals surface area contributed by atoms with Gasteiger partial charge in [-0.2, -0.15) is 0 Å². The number of fused-ring (bicyclic) bond motifs is 2. The standard InChI is InChI=1S/C29H27ClFN3O/c30-28-13-32-9-8-26(28)27-3-1-2-21-11-24(35)6-7-25(21)29(27)22-4-5-23-10-19(17-34(23)18-22)14-33-15-20(12-31)16-33/h4-11,13,17-18,20,35H,1-3,12,14-16H2. The van der Waals surface area contributed by atoms with Crippen LogP contribution in [0.5, 0.6) is 5.75 Å². The molecule has 6 rings (SSSR count). The quantitative estimate of drug-likeness (QED) is 0.354. The molecule has 0 bridgehead atoms. The third-order valence-corrected chi connectivity index (χ3v) is 7.53. The van der Waals surface area contributed by atoms with Crippen molar-refractivity contribution >= 4 is 28.3 Å². The van der Waals surface area contributed by atoms with Gasteiger partial charge >= 0.3 is 0 Å². The molecule has 4 aromatic rings. The summed E-state index contributed by atoms with van der Waals surface area (Å²) in [7, 11) is 0. The number of aryl methyl sites for hydroxylation is 1. The molecule has 0 spiro atoms. The number of rotatable bonds is 5. The third kappa shape index (κ3) is 4.24. The molecular formula is C29H27ClFN3O. The van der Waals surface area contributed by atoms with Gasteiger partial charge in [0, 0.05) is 55.9 Å². The van der Waals surface area contributed by atoms with E-state index in [0.29, 0.717) is 10.8 Å². The van der Waals surface area contributed by atoms with Crippen LogP contribution in [0.3, 0.4) is 0 Å². The Morgan fingerprint density at radius 3 is 2.74 bits per heavy atom. The fourth-order valence-electron chi connectivity index (χ4n) is 5.56. The minimum absolute atomic E-state index is 0.193. The van der Waals surface area contributed by atoms with Gasteiger partial charge < -0.3 is 9.51 Å². The van der Waals surface area contributed by atoms with Crippen LogP contribution in [0.4, 0.5) is 4.39 Å². The van der Waals surface area contributed by atoms with Crippen molar-refractivity contribution in [3.63, 3.8) is 0 Å². The maximum atomic E-state index is 12.8.